The maximum absolute atomic E-state index is 12.4. The average Bonchev–Trinajstić information content (AvgIpc) is 3.41. The molecule has 0 aliphatic carbocycles. The van der Waals surface area contributed by atoms with Crippen molar-refractivity contribution in [3.63, 3.8) is 0 Å². The van der Waals surface area contributed by atoms with Gasteiger partial charge in [-0.25, -0.2) is 38.9 Å². The fourth-order valence-electron chi connectivity index (χ4n) is 3.10. The van der Waals surface area contributed by atoms with Crippen LogP contribution in [0.5, 0.6) is 0 Å². The van der Waals surface area contributed by atoms with Gasteiger partial charge >= 0.3 is 11.4 Å². The van der Waals surface area contributed by atoms with Gasteiger partial charge in [0.1, 0.15) is 10.1 Å². The molecule has 0 spiro atoms. The molecule has 0 saturated heterocycles. The zero-order chi connectivity index (χ0) is 25.2. The molecule has 0 fully saturated rings. The maximum atomic E-state index is 12.4. The number of rotatable bonds is 7. The van der Waals surface area contributed by atoms with Crippen LogP contribution in [0.25, 0.3) is 11.4 Å². The summed E-state index contributed by atoms with van der Waals surface area (Å²) in [6.45, 7) is 0. The van der Waals surface area contributed by atoms with Crippen LogP contribution >= 0.6 is 58.5 Å². The van der Waals surface area contributed by atoms with Crippen molar-refractivity contribution in [3.05, 3.63) is 85.6 Å². The molecule has 0 atom stereocenters. The fraction of sp³-hybridized carbons (Fsp3) is 0.0476. The molecular formula is C21H14Cl2N8O2S3. The summed E-state index contributed by atoms with van der Waals surface area (Å²) in [4.78, 5) is 34.0. The van der Waals surface area contributed by atoms with Gasteiger partial charge in [0.2, 0.25) is 10.3 Å². The van der Waals surface area contributed by atoms with Crippen LogP contribution in [0, 0.1) is 0 Å². The lowest BCUT2D eigenvalue weighted by Crippen LogP contribution is -2.15. The molecule has 5 rings (SSSR count). The lowest BCUT2D eigenvalue weighted by molar-refractivity contribution is 0.811. The van der Waals surface area contributed by atoms with Crippen molar-refractivity contribution < 1.29 is 0 Å². The van der Waals surface area contributed by atoms with Gasteiger partial charge in [0.15, 0.2) is 5.16 Å². The van der Waals surface area contributed by atoms with Crippen molar-refractivity contribution in [2.24, 2.45) is 0 Å². The Morgan fingerprint density at radius 1 is 0.722 bits per heavy atom. The number of halogens is 2. The Bertz CT molecular complexity index is 1530. The highest BCUT2D eigenvalue weighted by Gasteiger charge is 2.17. The third-order valence-corrected chi connectivity index (χ3v) is 7.49. The summed E-state index contributed by atoms with van der Waals surface area (Å²) < 4.78 is 2.86. The van der Waals surface area contributed by atoms with E-state index in [1.165, 1.54) is 44.4 Å². The first-order valence-electron chi connectivity index (χ1n) is 10.1. The van der Waals surface area contributed by atoms with Gasteiger partial charge in [0.25, 0.3) is 0 Å². The van der Waals surface area contributed by atoms with Gasteiger partial charge in [0.05, 0.1) is 11.4 Å². The number of aromatic amines is 2. The highest BCUT2D eigenvalue weighted by Crippen LogP contribution is 2.32. The van der Waals surface area contributed by atoms with Crippen molar-refractivity contribution in [2.75, 3.05) is 6.26 Å². The molecule has 0 radical (unpaired) electrons. The van der Waals surface area contributed by atoms with Gasteiger partial charge in [-0.3, -0.25) is 0 Å². The Hall–Kier alpha value is -2.97. The number of aromatic nitrogens is 8. The largest absolute Gasteiger partial charge is 0.348 e. The van der Waals surface area contributed by atoms with E-state index < -0.39 is 11.4 Å². The summed E-state index contributed by atoms with van der Waals surface area (Å²) in [5.74, 6) is 0. The highest BCUT2D eigenvalue weighted by molar-refractivity contribution is 8.00. The van der Waals surface area contributed by atoms with Crippen LogP contribution in [0.1, 0.15) is 0 Å². The minimum absolute atomic E-state index is 0.391. The molecule has 5 aromatic rings. The predicted octanol–water partition coefficient (Wildman–Crippen LogP) is 4.56. The van der Waals surface area contributed by atoms with Crippen LogP contribution in [-0.4, -0.2) is 45.8 Å². The van der Waals surface area contributed by atoms with Crippen LogP contribution < -0.4 is 11.4 Å². The number of nitrogens with one attached hydrogen (secondary N) is 2. The molecular weight excluding hydrogens is 563 g/mol. The van der Waals surface area contributed by atoms with Gasteiger partial charge in [-0.1, -0.05) is 35.0 Å². The molecule has 36 heavy (non-hydrogen) atoms. The molecule has 3 aromatic heterocycles. The lowest BCUT2D eigenvalue weighted by atomic mass is 10.3. The summed E-state index contributed by atoms with van der Waals surface area (Å²) in [7, 11) is 0. The molecule has 0 unspecified atom stereocenters. The second kappa shape index (κ2) is 10.6. The molecule has 0 aliphatic heterocycles. The van der Waals surface area contributed by atoms with Crippen molar-refractivity contribution >= 4 is 58.5 Å². The number of nitrogens with zero attached hydrogens (tertiary/aromatic N) is 6. The first-order valence-corrected chi connectivity index (χ1v) is 13.7. The molecule has 3 heterocycles. The molecule has 0 bridgehead atoms. The first-order chi connectivity index (χ1) is 17.4. The monoisotopic (exact) mass is 576 g/mol. The van der Waals surface area contributed by atoms with E-state index in [2.05, 4.69) is 30.4 Å². The Balaban J connectivity index is 1.48. The summed E-state index contributed by atoms with van der Waals surface area (Å²) in [6.07, 6.45) is 1.86. The second-order valence-electron chi connectivity index (χ2n) is 6.98. The molecule has 15 heteroatoms. The van der Waals surface area contributed by atoms with Crippen molar-refractivity contribution in [1.29, 1.82) is 0 Å². The summed E-state index contributed by atoms with van der Waals surface area (Å²) in [5, 5.41) is 16.8. The fourth-order valence-corrected chi connectivity index (χ4v) is 5.65. The van der Waals surface area contributed by atoms with Crippen LogP contribution in [0.3, 0.4) is 0 Å². The molecule has 10 nitrogen and oxygen atoms in total. The summed E-state index contributed by atoms with van der Waals surface area (Å²) in [5.41, 5.74) is 0.435. The zero-order valence-electron chi connectivity index (χ0n) is 18.2. The number of hydrogen-bond donors (Lipinski definition) is 2. The Morgan fingerprint density at radius 2 is 1.14 bits per heavy atom. The van der Waals surface area contributed by atoms with Crippen molar-refractivity contribution in [2.45, 2.75) is 25.5 Å². The second-order valence-corrected chi connectivity index (χ2v) is 10.6. The standard InChI is InChI=1S/C21H14Cl2N8O2S3/c1-34-17-24-15(35-20-28-26-18(32)30(20)13-6-2-11(22)3-7-13)10-16(25-17)36-21-29-27-19(33)31(21)14-8-4-12(23)5-9-14/h2-10H,1H3,(H,26,32)(H,27,33). The van der Waals surface area contributed by atoms with Crippen LogP contribution in [0.2, 0.25) is 10.0 Å². The predicted molar refractivity (Wildman–Crippen MR) is 140 cm³/mol. The SMILES string of the molecule is CSc1nc(Sc2n[nH]c(=O)n2-c2ccc(Cl)cc2)cc(Sc2n[nH]c(=O)n2-c2ccc(Cl)cc2)n1. The van der Waals surface area contributed by atoms with Gasteiger partial charge < -0.3 is 0 Å². The quantitative estimate of drug-likeness (QED) is 0.163. The molecule has 2 N–H and O–H groups in total. The van der Waals surface area contributed by atoms with Crippen molar-refractivity contribution in [1.82, 2.24) is 39.5 Å². The highest BCUT2D eigenvalue weighted by atomic mass is 35.5. The summed E-state index contributed by atoms with van der Waals surface area (Å²) in [6, 6.07) is 15.4. The van der Waals surface area contributed by atoms with E-state index in [0.717, 1.165) is 0 Å². The van der Waals surface area contributed by atoms with Crippen molar-refractivity contribution in [3.8, 4) is 11.4 Å². The van der Waals surface area contributed by atoms with E-state index in [1.54, 1.807) is 54.6 Å². The first kappa shape index (κ1) is 24.7. The zero-order valence-corrected chi connectivity index (χ0v) is 22.1. The molecule has 0 aliphatic rings. The van der Waals surface area contributed by atoms with Crippen LogP contribution in [0.15, 0.2) is 89.7 Å². The van der Waals surface area contributed by atoms with E-state index in [0.29, 0.717) is 46.9 Å². The molecule has 0 amide bonds. The van der Waals surface area contributed by atoms with Gasteiger partial charge in [-0.15, -0.1) is 10.2 Å². The van der Waals surface area contributed by atoms with E-state index in [4.69, 9.17) is 23.2 Å². The number of H-pyrrole nitrogens is 2. The number of benzene rings is 2. The van der Waals surface area contributed by atoms with E-state index >= 15 is 0 Å². The van der Waals surface area contributed by atoms with Gasteiger partial charge in [-0.2, -0.15) is 0 Å². The Labute approximate surface area is 225 Å². The molecule has 2 aromatic carbocycles. The minimum atomic E-state index is -0.392. The van der Waals surface area contributed by atoms with Crippen LogP contribution in [0.4, 0.5) is 0 Å². The van der Waals surface area contributed by atoms with Crippen LogP contribution in [-0.2, 0) is 0 Å². The lowest BCUT2D eigenvalue weighted by Gasteiger charge is -2.08. The van der Waals surface area contributed by atoms with Gasteiger partial charge in [-0.05, 0) is 78.3 Å². The Kier molecular flexibility index (Phi) is 7.25. The molecule has 182 valence electrons. The van der Waals surface area contributed by atoms with E-state index in [-0.39, 0.29) is 0 Å². The normalized spacial score (nSPS) is 11.2. The third kappa shape index (κ3) is 5.25. The summed E-state index contributed by atoms with van der Waals surface area (Å²) >= 11 is 15.7. The minimum Gasteiger partial charge on any atom is -0.246 e. The van der Waals surface area contributed by atoms with E-state index in [1.807, 2.05) is 6.26 Å². The molecule has 0 saturated carbocycles. The maximum Gasteiger partial charge on any atom is 0.348 e. The Morgan fingerprint density at radius 3 is 1.53 bits per heavy atom. The number of hydrogen-bond acceptors (Lipinski definition) is 9. The topological polar surface area (TPSA) is 127 Å². The third-order valence-electron chi connectivity index (χ3n) is 4.69. The average molecular weight is 578 g/mol. The number of thioether (sulfide) groups is 1. The van der Waals surface area contributed by atoms with E-state index in [9.17, 15) is 9.59 Å². The smallest absolute Gasteiger partial charge is 0.246 e. The van der Waals surface area contributed by atoms with Gasteiger partial charge in [0, 0.05) is 16.1 Å².